The van der Waals surface area contributed by atoms with Gasteiger partial charge in [0.15, 0.2) is 17.6 Å². The van der Waals surface area contributed by atoms with E-state index in [1.807, 2.05) is 19.9 Å². The largest absolute Gasteiger partial charge is 0.493 e. The number of oxime groups is 1. The molecule has 10 heteroatoms. The highest BCUT2D eigenvalue weighted by Crippen LogP contribution is 2.31. The lowest BCUT2D eigenvalue weighted by molar-refractivity contribution is -0.137. The Hall–Kier alpha value is -3.43. The van der Waals surface area contributed by atoms with Crippen LogP contribution in [-0.4, -0.2) is 49.6 Å². The minimum absolute atomic E-state index is 0.00593. The molecule has 1 N–H and O–H groups in total. The number of hydrogen-bond donors (Lipinski definition) is 1. The number of ether oxygens (including phenoxy) is 2. The summed E-state index contributed by atoms with van der Waals surface area (Å²) in [7, 11) is 3.08. The van der Waals surface area contributed by atoms with Gasteiger partial charge >= 0.3 is 12.2 Å². The monoisotopic (exact) mass is 479 g/mol. The lowest BCUT2D eigenvalue weighted by Gasteiger charge is -2.26. The summed E-state index contributed by atoms with van der Waals surface area (Å²) in [5.74, 6) is 1.13. The number of carbonyl (C=O) groups excluding carboxylic acids is 1. The zero-order chi connectivity index (χ0) is 24.9. The third-order valence-corrected chi connectivity index (χ3v) is 5.20. The number of carbonyl (C=O) groups is 1. The Bertz CT molecular complexity index is 1040. The highest BCUT2D eigenvalue weighted by Gasteiger charge is 2.31. The molecule has 1 aliphatic heterocycles. The zero-order valence-electron chi connectivity index (χ0n) is 19.5. The summed E-state index contributed by atoms with van der Waals surface area (Å²) < 4.78 is 50.0. The molecule has 2 aromatic carbocycles. The van der Waals surface area contributed by atoms with E-state index >= 15 is 0 Å². The molecule has 1 aliphatic rings. The lowest BCUT2D eigenvalue weighted by Crippen LogP contribution is -2.45. The Kier molecular flexibility index (Phi) is 7.90. The van der Waals surface area contributed by atoms with Gasteiger partial charge in [0.25, 0.3) is 0 Å². The number of amides is 2. The molecule has 0 saturated carbocycles. The molecule has 0 radical (unpaired) electrons. The van der Waals surface area contributed by atoms with Crippen LogP contribution in [-0.2, 0) is 17.6 Å². The highest BCUT2D eigenvalue weighted by molar-refractivity contribution is 6.01. The first-order chi connectivity index (χ1) is 16.1. The van der Waals surface area contributed by atoms with Crippen LogP contribution in [0, 0.1) is 0 Å². The predicted molar refractivity (Wildman–Crippen MR) is 121 cm³/mol. The summed E-state index contributed by atoms with van der Waals surface area (Å²) in [6.45, 7) is 3.76. The second kappa shape index (κ2) is 10.7. The van der Waals surface area contributed by atoms with E-state index in [9.17, 15) is 18.0 Å². The van der Waals surface area contributed by atoms with Crippen LogP contribution < -0.4 is 14.8 Å². The van der Waals surface area contributed by atoms with E-state index in [-0.39, 0.29) is 19.1 Å². The van der Waals surface area contributed by atoms with E-state index in [4.69, 9.17) is 14.3 Å². The number of alkyl halides is 3. The van der Waals surface area contributed by atoms with Crippen molar-refractivity contribution in [3.63, 3.8) is 0 Å². The van der Waals surface area contributed by atoms with Gasteiger partial charge in [0, 0.05) is 24.6 Å². The fourth-order valence-corrected chi connectivity index (χ4v) is 3.58. The predicted octanol–water partition coefficient (Wildman–Crippen LogP) is 4.84. The van der Waals surface area contributed by atoms with Crippen LogP contribution in [0.2, 0.25) is 0 Å². The first-order valence-corrected chi connectivity index (χ1v) is 10.8. The van der Waals surface area contributed by atoms with Gasteiger partial charge in [-0.2, -0.15) is 13.2 Å². The fourth-order valence-electron chi connectivity index (χ4n) is 3.58. The third kappa shape index (κ3) is 6.33. The second-order valence-electron chi connectivity index (χ2n) is 8.22. The molecule has 0 aromatic heterocycles. The summed E-state index contributed by atoms with van der Waals surface area (Å²) in [5.41, 5.74) is 1.07. The van der Waals surface area contributed by atoms with Gasteiger partial charge in [-0.05, 0) is 49.7 Å². The Morgan fingerprint density at radius 3 is 2.56 bits per heavy atom. The molecule has 0 fully saturated rings. The zero-order valence-corrected chi connectivity index (χ0v) is 19.5. The molecule has 0 saturated heterocycles. The van der Waals surface area contributed by atoms with Crippen molar-refractivity contribution in [3.8, 4) is 11.5 Å². The summed E-state index contributed by atoms with van der Waals surface area (Å²) in [5, 5.41) is 6.95. The molecule has 0 bridgehead atoms. The number of nitrogens with one attached hydrogen (secondary N) is 1. The Balaban J connectivity index is 1.73. The van der Waals surface area contributed by atoms with E-state index in [1.165, 1.54) is 18.1 Å². The van der Waals surface area contributed by atoms with Crippen molar-refractivity contribution in [2.24, 2.45) is 5.16 Å². The molecule has 0 spiro atoms. The molecular formula is C24H28F3N3O4. The van der Waals surface area contributed by atoms with Crippen LogP contribution in [0.4, 0.5) is 18.0 Å². The summed E-state index contributed by atoms with van der Waals surface area (Å²) in [6, 6.07) is 9.80. The van der Waals surface area contributed by atoms with E-state index in [2.05, 4.69) is 10.5 Å². The molecule has 3 rings (SSSR count). The van der Waals surface area contributed by atoms with Crippen LogP contribution >= 0.6 is 0 Å². The Morgan fingerprint density at radius 1 is 1.18 bits per heavy atom. The summed E-state index contributed by atoms with van der Waals surface area (Å²) in [6.07, 6.45) is -4.49. The molecule has 34 heavy (non-hydrogen) atoms. The maximum absolute atomic E-state index is 13.1. The lowest BCUT2D eigenvalue weighted by atomic mass is 10.0. The quantitative estimate of drug-likeness (QED) is 0.589. The number of urea groups is 1. The number of rotatable bonds is 8. The van der Waals surface area contributed by atoms with Gasteiger partial charge in [-0.25, -0.2) is 4.79 Å². The van der Waals surface area contributed by atoms with Gasteiger partial charge in [0.2, 0.25) is 0 Å². The van der Waals surface area contributed by atoms with Crippen molar-refractivity contribution >= 4 is 11.7 Å². The van der Waals surface area contributed by atoms with Crippen LogP contribution in [0.5, 0.6) is 11.5 Å². The van der Waals surface area contributed by atoms with Gasteiger partial charge < -0.3 is 24.5 Å². The molecule has 1 atom stereocenters. The van der Waals surface area contributed by atoms with Gasteiger partial charge in [-0.1, -0.05) is 17.3 Å². The molecule has 184 valence electrons. The van der Waals surface area contributed by atoms with Crippen LogP contribution in [0.15, 0.2) is 47.6 Å². The molecular weight excluding hydrogens is 451 g/mol. The average Bonchev–Trinajstić information content (AvgIpc) is 3.26. The van der Waals surface area contributed by atoms with Crippen LogP contribution in [0.1, 0.15) is 37.0 Å². The first kappa shape index (κ1) is 25.2. The standard InChI is InChI=1S/C24H28F3N3O4/c1-15(2)28-23(31)30(13-16-6-5-7-18(10-16)24(25,26)27)14-19-12-20(29-34-19)17-8-9-21(32-3)22(11-17)33-4/h5-11,15,19H,12-14H2,1-4H3,(H,28,31). The van der Waals surface area contributed by atoms with Crippen molar-refractivity contribution in [2.45, 2.75) is 45.1 Å². The second-order valence-corrected chi connectivity index (χ2v) is 8.22. The number of benzene rings is 2. The van der Waals surface area contributed by atoms with E-state index in [1.54, 1.807) is 25.3 Å². The van der Waals surface area contributed by atoms with Gasteiger partial charge in [0.05, 0.1) is 32.0 Å². The minimum Gasteiger partial charge on any atom is -0.493 e. The van der Waals surface area contributed by atoms with Crippen LogP contribution in [0.25, 0.3) is 0 Å². The van der Waals surface area contributed by atoms with Crippen molar-refractivity contribution in [2.75, 3.05) is 20.8 Å². The molecule has 7 nitrogen and oxygen atoms in total. The highest BCUT2D eigenvalue weighted by atomic mass is 19.4. The first-order valence-electron chi connectivity index (χ1n) is 10.8. The summed E-state index contributed by atoms with van der Waals surface area (Å²) in [4.78, 5) is 19.8. The van der Waals surface area contributed by atoms with E-state index in [0.29, 0.717) is 29.2 Å². The molecule has 1 heterocycles. The minimum atomic E-state index is -4.46. The molecule has 2 aromatic rings. The molecule has 1 unspecified atom stereocenters. The average molecular weight is 479 g/mol. The summed E-state index contributed by atoms with van der Waals surface area (Å²) >= 11 is 0. The maximum Gasteiger partial charge on any atom is 0.416 e. The number of halogens is 3. The normalized spacial score (nSPS) is 15.5. The number of methoxy groups -OCH3 is 2. The maximum atomic E-state index is 13.1. The van der Waals surface area contributed by atoms with Crippen LogP contribution in [0.3, 0.4) is 0 Å². The van der Waals surface area contributed by atoms with Crippen molar-refractivity contribution in [1.82, 2.24) is 10.2 Å². The van der Waals surface area contributed by atoms with E-state index in [0.717, 1.165) is 17.7 Å². The van der Waals surface area contributed by atoms with Crippen molar-refractivity contribution in [1.29, 1.82) is 0 Å². The van der Waals surface area contributed by atoms with Gasteiger partial charge in [0.1, 0.15) is 0 Å². The Morgan fingerprint density at radius 2 is 1.91 bits per heavy atom. The Labute approximate surface area is 196 Å². The number of hydrogen-bond acceptors (Lipinski definition) is 5. The SMILES string of the molecule is COc1ccc(C2=NOC(CN(Cc3cccc(C(F)(F)F)c3)C(=O)NC(C)C)C2)cc1OC. The van der Waals surface area contributed by atoms with Crippen molar-refractivity contribution < 1.29 is 32.3 Å². The fraction of sp³-hybridized carbons (Fsp3) is 0.417. The van der Waals surface area contributed by atoms with Gasteiger partial charge in [-0.3, -0.25) is 0 Å². The van der Waals surface area contributed by atoms with E-state index < -0.39 is 23.9 Å². The van der Waals surface area contributed by atoms with Crippen molar-refractivity contribution in [3.05, 3.63) is 59.2 Å². The number of nitrogens with zero attached hydrogens (tertiary/aromatic N) is 2. The smallest absolute Gasteiger partial charge is 0.416 e. The third-order valence-electron chi connectivity index (χ3n) is 5.20. The van der Waals surface area contributed by atoms with Gasteiger partial charge in [-0.15, -0.1) is 0 Å². The molecule has 0 aliphatic carbocycles. The topological polar surface area (TPSA) is 72.4 Å². The molecule has 2 amide bonds.